The zero-order valence-corrected chi connectivity index (χ0v) is 23.5. The van der Waals surface area contributed by atoms with Crippen LogP contribution in [0.3, 0.4) is 0 Å². The number of rotatable bonds is 9. The van der Waals surface area contributed by atoms with Gasteiger partial charge in [0.1, 0.15) is 16.7 Å². The van der Waals surface area contributed by atoms with Crippen molar-refractivity contribution in [2.45, 2.75) is 31.4 Å². The highest BCUT2D eigenvalue weighted by atomic mass is 35.5. The minimum atomic E-state index is -1.13. The molecule has 1 aromatic heterocycles. The number of nitrogens with one attached hydrogen (secondary N) is 2. The average Bonchev–Trinajstić information content (AvgIpc) is 2.96. The van der Waals surface area contributed by atoms with Crippen LogP contribution in [-0.2, 0) is 12.8 Å². The van der Waals surface area contributed by atoms with Crippen LogP contribution in [0.25, 0.3) is 0 Å². The van der Waals surface area contributed by atoms with Crippen molar-refractivity contribution >= 4 is 41.6 Å². The maximum absolute atomic E-state index is 12.6. The van der Waals surface area contributed by atoms with Crippen LogP contribution in [0.15, 0.2) is 85.1 Å². The predicted molar refractivity (Wildman–Crippen MR) is 160 cm³/mol. The van der Waals surface area contributed by atoms with Gasteiger partial charge in [-0.3, -0.25) is 4.79 Å². The number of nitrogens with zero attached hydrogens (tertiary/aromatic N) is 1. The number of amides is 1. The van der Waals surface area contributed by atoms with Crippen molar-refractivity contribution in [2.24, 2.45) is 0 Å². The van der Waals surface area contributed by atoms with Crippen LogP contribution < -0.4 is 15.4 Å². The van der Waals surface area contributed by atoms with Gasteiger partial charge in [-0.1, -0.05) is 41.9 Å². The number of hydrogen-bond acceptors (Lipinski definition) is 6. The van der Waals surface area contributed by atoms with E-state index in [1.165, 1.54) is 17.7 Å². The lowest BCUT2D eigenvalue weighted by molar-refractivity contribution is 0.0696. The number of carbonyl (C=O) groups excluding carboxylic acids is 1. The standard InChI is InChI=1S/C31H28ClN3O5.ClH/c32-29-11-8-21(17-34-29)28(36)18-33-24-9-6-19-7-10-26(14-22(19)12-24)40-27-15-23(31(38)39)13-25(16-27)35-30(37)20-4-2-1-3-5-20;/h1-5,7-8,10-11,13-17,24,28,33,36H,6,9,12,18H2,(H,35,37)(H,38,39);1H/t24-,28+;/m0./s1. The van der Waals surface area contributed by atoms with Gasteiger partial charge in [-0.2, -0.15) is 0 Å². The summed E-state index contributed by atoms with van der Waals surface area (Å²) in [5, 5.41) is 26.7. The van der Waals surface area contributed by atoms with Gasteiger partial charge in [0.2, 0.25) is 0 Å². The Hall–Kier alpha value is -3.95. The zero-order chi connectivity index (χ0) is 28.1. The van der Waals surface area contributed by atoms with Crippen molar-refractivity contribution < 1.29 is 24.5 Å². The quantitative estimate of drug-likeness (QED) is 0.173. The molecule has 41 heavy (non-hydrogen) atoms. The highest BCUT2D eigenvalue weighted by molar-refractivity contribution is 6.29. The Morgan fingerprint density at radius 3 is 2.51 bits per heavy atom. The van der Waals surface area contributed by atoms with Crippen LogP contribution in [0.1, 0.15) is 49.9 Å². The lowest BCUT2D eigenvalue weighted by Gasteiger charge is -2.27. The summed E-state index contributed by atoms with van der Waals surface area (Å²) in [6.07, 6.45) is 3.46. The van der Waals surface area contributed by atoms with E-state index < -0.39 is 12.1 Å². The van der Waals surface area contributed by atoms with Crippen LogP contribution in [0.2, 0.25) is 5.15 Å². The number of halogens is 2. The van der Waals surface area contributed by atoms with Crippen molar-refractivity contribution in [2.75, 3.05) is 11.9 Å². The number of fused-ring (bicyclic) bond motifs is 1. The predicted octanol–water partition coefficient (Wildman–Crippen LogP) is 6.08. The Balaban J connectivity index is 0.00000387. The van der Waals surface area contributed by atoms with Gasteiger partial charge in [0.15, 0.2) is 0 Å². The molecule has 1 amide bonds. The molecule has 4 aromatic rings. The first-order valence-corrected chi connectivity index (χ1v) is 13.3. The lowest BCUT2D eigenvalue weighted by Crippen LogP contribution is -2.37. The van der Waals surface area contributed by atoms with Gasteiger partial charge in [0.25, 0.3) is 5.91 Å². The number of anilines is 1. The van der Waals surface area contributed by atoms with Crippen molar-refractivity contribution in [3.63, 3.8) is 0 Å². The first-order valence-electron chi connectivity index (χ1n) is 12.9. The Morgan fingerprint density at radius 1 is 0.976 bits per heavy atom. The van der Waals surface area contributed by atoms with Crippen LogP contribution >= 0.6 is 24.0 Å². The molecule has 0 unspecified atom stereocenters. The minimum Gasteiger partial charge on any atom is -0.478 e. The van der Waals surface area contributed by atoms with E-state index in [9.17, 15) is 19.8 Å². The molecule has 5 rings (SSSR count). The van der Waals surface area contributed by atoms with E-state index in [2.05, 4.69) is 15.6 Å². The summed E-state index contributed by atoms with van der Waals surface area (Å²) in [6.45, 7) is 0.388. The maximum Gasteiger partial charge on any atom is 0.335 e. The molecule has 1 aliphatic rings. The second-order valence-corrected chi connectivity index (χ2v) is 10.1. The molecule has 0 saturated carbocycles. The number of carboxylic acids is 1. The van der Waals surface area contributed by atoms with Gasteiger partial charge in [0.05, 0.1) is 11.7 Å². The van der Waals surface area contributed by atoms with E-state index in [1.54, 1.807) is 48.7 Å². The number of hydrogen-bond donors (Lipinski definition) is 4. The molecule has 0 radical (unpaired) electrons. The Kier molecular flexibility index (Phi) is 9.96. The van der Waals surface area contributed by atoms with Crippen molar-refractivity contribution in [3.05, 3.63) is 118 Å². The number of carbonyl (C=O) groups is 2. The van der Waals surface area contributed by atoms with Crippen molar-refractivity contribution in [1.29, 1.82) is 0 Å². The van der Waals surface area contributed by atoms with Gasteiger partial charge < -0.3 is 25.6 Å². The van der Waals surface area contributed by atoms with Gasteiger partial charge in [-0.25, -0.2) is 9.78 Å². The van der Waals surface area contributed by atoms with E-state index in [0.29, 0.717) is 40.0 Å². The van der Waals surface area contributed by atoms with E-state index in [0.717, 1.165) is 24.8 Å². The molecule has 0 aliphatic heterocycles. The topological polar surface area (TPSA) is 121 Å². The monoisotopic (exact) mass is 593 g/mol. The number of aromatic nitrogens is 1. The molecule has 4 N–H and O–H groups in total. The number of aryl methyl sites for hydroxylation is 1. The largest absolute Gasteiger partial charge is 0.478 e. The average molecular weight is 594 g/mol. The highest BCUT2D eigenvalue weighted by Gasteiger charge is 2.21. The van der Waals surface area contributed by atoms with E-state index in [-0.39, 0.29) is 29.9 Å². The normalized spacial score (nSPS) is 14.7. The van der Waals surface area contributed by atoms with Crippen LogP contribution in [0, 0.1) is 0 Å². The zero-order valence-electron chi connectivity index (χ0n) is 21.9. The van der Waals surface area contributed by atoms with Gasteiger partial charge in [-0.05, 0) is 72.9 Å². The fraction of sp³-hybridized carbons (Fsp3) is 0.194. The lowest BCUT2D eigenvalue weighted by atomic mass is 9.88. The molecular formula is C31H29Cl2N3O5. The SMILES string of the molecule is Cl.O=C(O)c1cc(NC(=O)c2ccccc2)cc(Oc2ccc3c(c2)C[C@@H](NC[C@@H](O)c2ccc(Cl)nc2)CC3)c1. The molecule has 0 spiro atoms. The second-order valence-electron chi connectivity index (χ2n) is 9.68. The number of carboxylic acid groups (broad SMARTS) is 1. The van der Waals surface area contributed by atoms with Crippen molar-refractivity contribution in [3.8, 4) is 11.5 Å². The van der Waals surface area contributed by atoms with Crippen molar-refractivity contribution in [1.82, 2.24) is 10.3 Å². The summed E-state index contributed by atoms with van der Waals surface area (Å²) < 4.78 is 6.07. The Labute approximate surface area is 248 Å². The number of ether oxygens (including phenoxy) is 1. The third-order valence-electron chi connectivity index (χ3n) is 6.82. The molecule has 2 atom stereocenters. The Morgan fingerprint density at radius 2 is 1.78 bits per heavy atom. The molecule has 10 heteroatoms. The van der Waals surface area contributed by atoms with E-state index >= 15 is 0 Å². The fourth-order valence-electron chi connectivity index (χ4n) is 4.73. The van der Waals surface area contributed by atoms with E-state index in [4.69, 9.17) is 16.3 Å². The molecule has 0 bridgehead atoms. The van der Waals surface area contributed by atoms with Crippen LogP contribution in [-0.4, -0.2) is 39.7 Å². The Bertz CT molecular complexity index is 1520. The third kappa shape index (κ3) is 7.83. The molecule has 212 valence electrons. The molecular weight excluding hydrogens is 565 g/mol. The van der Waals surface area contributed by atoms with Gasteiger partial charge >= 0.3 is 5.97 Å². The smallest absolute Gasteiger partial charge is 0.335 e. The molecule has 1 heterocycles. The molecule has 1 aliphatic carbocycles. The number of pyridine rings is 1. The molecule has 8 nitrogen and oxygen atoms in total. The fourth-order valence-corrected chi connectivity index (χ4v) is 4.85. The highest BCUT2D eigenvalue weighted by Crippen LogP contribution is 2.31. The maximum atomic E-state index is 12.6. The van der Waals surface area contributed by atoms with Gasteiger partial charge in [-0.15, -0.1) is 12.4 Å². The summed E-state index contributed by atoms with van der Waals surface area (Å²) in [5.74, 6) is -0.613. The summed E-state index contributed by atoms with van der Waals surface area (Å²) in [5.41, 5.74) is 3.82. The number of aromatic carboxylic acids is 1. The second kappa shape index (κ2) is 13.6. The van der Waals surface area contributed by atoms with Crippen LogP contribution in [0.4, 0.5) is 5.69 Å². The minimum absolute atomic E-state index is 0. The number of aliphatic hydroxyl groups excluding tert-OH is 1. The summed E-state index contributed by atoms with van der Waals surface area (Å²) in [4.78, 5) is 28.4. The molecule has 0 saturated heterocycles. The number of benzene rings is 3. The summed E-state index contributed by atoms with van der Waals surface area (Å²) in [7, 11) is 0. The van der Waals surface area contributed by atoms with Gasteiger partial charge in [0, 0.05) is 41.7 Å². The first-order chi connectivity index (χ1) is 19.3. The first kappa shape index (κ1) is 30.0. The van der Waals surface area contributed by atoms with E-state index in [1.807, 2.05) is 24.3 Å². The molecule has 3 aromatic carbocycles. The molecule has 0 fully saturated rings. The summed E-state index contributed by atoms with van der Waals surface area (Å²) in [6, 6.07) is 22.5. The third-order valence-corrected chi connectivity index (χ3v) is 7.05. The van der Waals surface area contributed by atoms with Crippen LogP contribution in [0.5, 0.6) is 11.5 Å². The summed E-state index contributed by atoms with van der Waals surface area (Å²) >= 11 is 5.84. The number of aliphatic hydroxyl groups is 1.